The lowest BCUT2D eigenvalue weighted by Crippen LogP contribution is -1.97. The topological polar surface area (TPSA) is 27.1 Å². The average Bonchev–Trinajstić information content (AvgIpc) is 2.77. The molecule has 3 nitrogen and oxygen atoms in total. The maximum atomic E-state index is 5.26. The van der Waals surface area contributed by atoms with Crippen LogP contribution in [-0.4, -0.2) is 16.9 Å². The molecule has 0 radical (unpaired) electrons. The number of ether oxygens (including phenoxy) is 1. The number of aromatic nitrogens is 2. The summed E-state index contributed by atoms with van der Waals surface area (Å²) in [6, 6.07) is 16.1. The van der Waals surface area contributed by atoms with Gasteiger partial charge in [0.1, 0.15) is 5.75 Å². The van der Waals surface area contributed by atoms with Gasteiger partial charge in [0.2, 0.25) is 0 Å². The number of aryl methyl sites for hydroxylation is 1. The third kappa shape index (κ3) is 1.64. The largest absolute Gasteiger partial charge is 0.497 e. The minimum absolute atomic E-state index is 0.859. The Morgan fingerprint density at radius 3 is 2.56 bits per heavy atom. The Balaban J connectivity index is 2.23. The van der Waals surface area contributed by atoms with Gasteiger partial charge in [0.05, 0.1) is 18.3 Å². The summed E-state index contributed by atoms with van der Waals surface area (Å²) in [6.07, 6.45) is 0. The van der Waals surface area contributed by atoms with E-state index in [2.05, 4.69) is 24.2 Å². The fraction of sp³-hybridized carbons (Fsp3) is 0.133. The van der Waals surface area contributed by atoms with Crippen molar-refractivity contribution in [2.75, 3.05) is 7.11 Å². The highest BCUT2D eigenvalue weighted by Gasteiger charge is 2.09. The number of rotatable bonds is 2. The summed E-state index contributed by atoms with van der Waals surface area (Å²) in [6.45, 7) is 2.07. The van der Waals surface area contributed by atoms with Gasteiger partial charge in [0.25, 0.3) is 0 Å². The first-order chi connectivity index (χ1) is 8.79. The van der Waals surface area contributed by atoms with E-state index in [1.165, 1.54) is 0 Å². The quantitative estimate of drug-likeness (QED) is 0.684. The van der Waals surface area contributed by atoms with Gasteiger partial charge in [-0.15, -0.1) is 0 Å². The van der Waals surface area contributed by atoms with Crippen molar-refractivity contribution in [3.63, 3.8) is 0 Å². The molecule has 0 aliphatic heterocycles. The van der Waals surface area contributed by atoms with E-state index in [0.29, 0.717) is 0 Å². The van der Waals surface area contributed by atoms with Crippen LogP contribution in [0.3, 0.4) is 0 Å². The SMILES string of the molecule is COc1ccc2nn(-c3ccccc3)c(C)c2c1. The summed E-state index contributed by atoms with van der Waals surface area (Å²) in [7, 11) is 1.68. The van der Waals surface area contributed by atoms with Crippen LogP contribution in [0.2, 0.25) is 0 Å². The van der Waals surface area contributed by atoms with Gasteiger partial charge in [-0.2, -0.15) is 5.10 Å². The third-order valence-electron chi connectivity index (χ3n) is 3.12. The van der Waals surface area contributed by atoms with Crippen LogP contribution >= 0.6 is 0 Å². The third-order valence-corrected chi connectivity index (χ3v) is 3.12. The van der Waals surface area contributed by atoms with Gasteiger partial charge in [-0.1, -0.05) is 18.2 Å². The smallest absolute Gasteiger partial charge is 0.119 e. The lowest BCUT2D eigenvalue weighted by atomic mass is 10.2. The Kier molecular flexibility index (Phi) is 2.52. The molecule has 0 N–H and O–H groups in total. The van der Waals surface area contributed by atoms with Crippen LogP contribution in [0.15, 0.2) is 48.5 Å². The maximum Gasteiger partial charge on any atom is 0.119 e. The van der Waals surface area contributed by atoms with Gasteiger partial charge in [0.15, 0.2) is 0 Å². The molecule has 3 heteroatoms. The van der Waals surface area contributed by atoms with Crippen LogP contribution in [0.1, 0.15) is 5.69 Å². The molecule has 0 saturated carbocycles. The second-order valence-corrected chi connectivity index (χ2v) is 4.22. The molecule has 90 valence electrons. The van der Waals surface area contributed by atoms with Crippen molar-refractivity contribution in [3.05, 3.63) is 54.2 Å². The van der Waals surface area contributed by atoms with Crippen LogP contribution < -0.4 is 4.74 Å². The second kappa shape index (κ2) is 4.18. The van der Waals surface area contributed by atoms with Crippen LogP contribution in [0.4, 0.5) is 0 Å². The number of hydrogen-bond acceptors (Lipinski definition) is 2. The van der Waals surface area contributed by atoms with Crippen molar-refractivity contribution in [1.29, 1.82) is 0 Å². The fourth-order valence-corrected chi connectivity index (χ4v) is 2.14. The Labute approximate surface area is 106 Å². The molecule has 0 amide bonds. The maximum absolute atomic E-state index is 5.26. The molecular formula is C15H14N2O. The van der Waals surface area contributed by atoms with Gasteiger partial charge >= 0.3 is 0 Å². The summed E-state index contributed by atoms with van der Waals surface area (Å²) >= 11 is 0. The lowest BCUT2D eigenvalue weighted by Gasteiger charge is -2.03. The van der Waals surface area contributed by atoms with Crippen molar-refractivity contribution in [2.45, 2.75) is 6.92 Å². The first-order valence-corrected chi connectivity index (χ1v) is 5.88. The van der Waals surface area contributed by atoms with Crippen molar-refractivity contribution in [2.24, 2.45) is 0 Å². The van der Waals surface area contributed by atoms with Crippen LogP contribution in [-0.2, 0) is 0 Å². The molecule has 0 saturated heterocycles. The molecule has 1 aromatic heterocycles. The average molecular weight is 238 g/mol. The Bertz CT molecular complexity index is 686. The summed E-state index contributed by atoms with van der Waals surface area (Å²) in [4.78, 5) is 0. The van der Waals surface area contributed by atoms with Crippen LogP contribution in [0, 0.1) is 6.92 Å². The van der Waals surface area contributed by atoms with E-state index in [9.17, 15) is 0 Å². The fourth-order valence-electron chi connectivity index (χ4n) is 2.14. The number of methoxy groups -OCH3 is 1. The zero-order chi connectivity index (χ0) is 12.5. The Hall–Kier alpha value is -2.29. The minimum Gasteiger partial charge on any atom is -0.497 e. The summed E-state index contributed by atoms with van der Waals surface area (Å²) in [5, 5.41) is 5.74. The predicted molar refractivity (Wildman–Crippen MR) is 72.4 cm³/mol. The molecule has 1 heterocycles. The molecule has 0 atom stereocenters. The van der Waals surface area contributed by atoms with E-state index in [4.69, 9.17) is 4.74 Å². The standard InChI is InChI=1S/C15H14N2O/c1-11-14-10-13(18-2)8-9-15(14)16-17(11)12-6-4-3-5-7-12/h3-10H,1-2H3. The van der Waals surface area contributed by atoms with E-state index < -0.39 is 0 Å². The molecule has 18 heavy (non-hydrogen) atoms. The normalized spacial score (nSPS) is 10.8. The van der Waals surface area contributed by atoms with E-state index >= 15 is 0 Å². The minimum atomic E-state index is 0.859. The Morgan fingerprint density at radius 2 is 1.83 bits per heavy atom. The number of hydrogen-bond donors (Lipinski definition) is 0. The first kappa shape index (κ1) is 10.8. The summed E-state index contributed by atoms with van der Waals surface area (Å²) < 4.78 is 7.22. The van der Waals surface area contributed by atoms with Crippen molar-refractivity contribution in [1.82, 2.24) is 9.78 Å². The van der Waals surface area contributed by atoms with Crippen molar-refractivity contribution in [3.8, 4) is 11.4 Å². The molecule has 0 aliphatic carbocycles. The van der Waals surface area contributed by atoms with Crippen LogP contribution in [0.25, 0.3) is 16.6 Å². The van der Waals surface area contributed by atoms with E-state index in [1.807, 2.05) is 41.1 Å². The van der Waals surface area contributed by atoms with E-state index in [1.54, 1.807) is 7.11 Å². The lowest BCUT2D eigenvalue weighted by molar-refractivity contribution is 0.415. The molecule has 2 aromatic carbocycles. The number of benzene rings is 2. The molecule has 3 rings (SSSR count). The van der Waals surface area contributed by atoms with E-state index in [0.717, 1.165) is 28.0 Å². The highest BCUT2D eigenvalue weighted by Crippen LogP contribution is 2.25. The molecular weight excluding hydrogens is 224 g/mol. The van der Waals surface area contributed by atoms with Gasteiger partial charge in [-0.25, -0.2) is 4.68 Å². The van der Waals surface area contributed by atoms with Crippen LogP contribution in [0.5, 0.6) is 5.75 Å². The van der Waals surface area contributed by atoms with Crippen molar-refractivity contribution >= 4 is 10.9 Å². The first-order valence-electron chi connectivity index (χ1n) is 5.88. The summed E-state index contributed by atoms with van der Waals surface area (Å²) in [5.74, 6) is 0.859. The van der Waals surface area contributed by atoms with Gasteiger partial charge in [-0.05, 0) is 37.3 Å². The molecule has 0 unspecified atom stereocenters. The molecule has 0 bridgehead atoms. The molecule has 0 aliphatic rings. The van der Waals surface area contributed by atoms with E-state index in [-0.39, 0.29) is 0 Å². The number of nitrogens with zero attached hydrogens (tertiary/aromatic N) is 2. The Morgan fingerprint density at radius 1 is 1.06 bits per heavy atom. The molecule has 3 aromatic rings. The van der Waals surface area contributed by atoms with Crippen molar-refractivity contribution < 1.29 is 4.74 Å². The molecule has 0 spiro atoms. The summed E-state index contributed by atoms with van der Waals surface area (Å²) in [5.41, 5.74) is 3.18. The molecule has 0 fully saturated rings. The van der Waals surface area contributed by atoms with Gasteiger partial charge in [-0.3, -0.25) is 0 Å². The zero-order valence-corrected chi connectivity index (χ0v) is 10.4. The second-order valence-electron chi connectivity index (χ2n) is 4.22. The monoisotopic (exact) mass is 238 g/mol. The predicted octanol–water partition coefficient (Wildman–Crippen LogP) is 3.34. The van der Waals surface area contributed by atoms with Gasteiger partial charge in [0, 0.05) is 11.1 Å². The highest BCUT2D eigenvalue weighted by atomic mass is 16.5. The number of fused-ring (bicyclic) bond motifs is 1. The number of para-hydroxylation sites is 1. The highest BCUT2D eigenvalue weighted by molar-refractivity contribution is 5.83. The zero-order valence-electron chi connectivity index (χ0n) is 10.4. The van der Waals surface area contributed by atoms with Gasteiger partial charge < -0.3 is 4.74 Å².